The van der Waals surface area contributed by atoms with Gasteiger partial charge in [0.05, 0.1) is 28.1 Å². The lowest BCUT2D eigenvalue weighted by atomic mass is 9.33. The molecule has 512 valence electrons. The summed E-state index contributed by atoms with van der Waals surface area (Å²) in [5, 5.41) is 9.72. The Labute approximate surface area is 632 Å². The number of benzene rings is 17. The topological polar surface area (TPSA) is 11.4 Å². The first-order chi connectivity index (χ1) is 52.9. The maximum atomic E-state index is 2.73. The van der Waals surface area contributed by atoms with Gasteiger partial charge in [-0.25, -0.2) is 0 Å². The van der Waals surface area contributed by atoms with Crippen LogP contribution in [0.4, 0.5) is 34.1 Å². The molecule has 1 aromatic heterocycles. The average molecular weight is 1380 g/mol. The molecule has 2 aliphatic rings. The third-order valence-electron chi connectivity index (χ3n) is 23.0. The van der Waals surface area contributed by atoms with Crippen molar-refractivity contribution in [1.82, 2.24) is 4.57 Å². The number of aromatic nitrogens is 1. The van der Waals surface area contributed by atoms with Crippen molar-refractivity contribution in [1.29, 1.82) is 0 Å². The molecule has 0 N–H and O–H groups in total. The molecule has 0 spiro atoms. The SMILES string of the molecule is CC(C)(C)c1cc(-c2ccccc2)c(N2c3ccc(-c4ccccc4)cc3B3c4cc(-c5ccccc5)ccc4N(c4c(-c5ccccc5)cc(C(C)(C)C)cc4-c4ccccc4)c4cc(-n5c6ccc(-c7cccc8ccccc78)cc6c6c7ccccc7c7ccccc7c65)cc2c43)c(-c2ccccc2)c1. The van der Waals surface area contributed by atoms with Crippen LogP contribution in [-0.4, -0.2) is 11.3 Å². The Bertz CT molecular complexity index is 6220. The molecule has 0 radical (unpaired) electrons. The van der Waals surface area contributed by atoms with Crippen LogP contribution in [-0.2, 0) is 10.8 Å². The number of nitrogens with zero attached hydrogens (tertiary/aromatic N) is 3. The zero-order valence-corrected chi connectivity index (χ0v) is 61.6. The maximum Gasteiger partial charge on any atom is 0.252 e. The molecule has 2 aliphatic heterocycles. The van der Waals surface area contributed by atoms with E-state index in [1.807, 2.05) is 0 Å². The third-order valence-corrected chi connectivity index (χ3v) is 23.0. The molecule has 0 amide bonds. The van der Waals surface area contributed by atoms with Gasteiger partial charge in [0, 0.05) is 61.2 Å². The molecule has 0 bridgehead atoms. The second-order valence-electron chi connectivity index (χ2n) is 31.5. The molecular weight excluding hydrogens is 1300 g/mol. The van der Waals surface area contributed by atoms with Gasteiger partial charge in [-0.15, -0.1) is 0 Å². The van der Waals surface area contributed by atoms with Crippen LogP contribution in [0.25, 0.3) is 138 Å². The number of anilines is 6. The molecule has 0 unspecified atom stereocenters. The zero-order valence-electron chi connectivity index (χ0n) is 61.6. The van der Waals surface area contributed by atoms with E-state index in [1.54, 1.807) is 0 Å². The Hall–Kier alpha value is -13.0. The van der Waals surface area contributed by atoms with E-state index in [2.05, 4.69) is 420 Å². The van der Waals surface area contributed by atoms with Crippen molar-refractivity contribution in [2.75, 3.05) is 9.80 Å². The van der Waals surface area contributed by atoms with E-state index in [0.29, 0.717) is 0 Å². The minimum atomic E-state index is -0.288. The van der Waals surface area contributed by atoms with Crippen molar-refractivity contribution in [3.05, 3.63) is 375 Å². The van der Waals surface area contributed by atoms with E-state index in [4.69, 9.17) is 0 Å². The third kappa shape index (κ3) is 10.6. The summed E-state index contributed by atoms with van der Waals surface area (Å²) >= 11 is 0. The second-order valence-corrected chi connectivity index (χ2v) is 31.5. The van der Waals surface area contributed by atoms with Crippen molar-refractivity contribution in [3.8, 4) is 83.6 Å². The van der Waals surface area contributed by atoms with E-state index in [9.17, 15) is 0 Å². The van der Waals surface area contributed by atoms with Crippen LogP contribution in [0.15, 0.2) is 364 Å². The van der Waals surface area contributed by atoms with Crippen LogP contribution in [0.3, 0.4) is 0 Å². The Kier molecular flexibility index (Phi) is 15.2. The largest absolute Gasteiger partial charge is 0.310 e. The highest BCUT2D eigenvalue weighted by molar-refractivity contribution is 7.00. The summed E-state index contributed by atoms with van der Waals surface area (Å²) in [4.78, 5) is 5.45. The highest BCUT2D eigenvalue weighted by atomic mass is 15.2. The molecule has 0 aliphatic carbocycles. The quantitative estimate of drug-likeness (QED) is 0.0999. The van der Waals surface area contributed by atoms with Gasteiger partial charge in [-0.05, 0) is 182 Å². The second kappa shape index (κ2) is 25.4. The molecule has 17 aromatic carbocycles. The Morgan fingerprint density at radius 1 is 0.250 bits per heavy atom. The first-order valence-electron chi connectivity index (χ1n) is 38.0. The van der Waals surface area contributed by atoms with Crippen LogP contribution in [0.2, 0.25) is 0 Å². The highest BCUT2D eigenvalue weighted by Crippen LogP contribution is 2.56. The van der Waals surface area contributed by atoms with Gasteiger partial charge < -0.3 is 14.4 Å². The summed E-state index contributed by atoms with van der Waals surface area (Å²) in [6.45, 7) is 13.9. The minimum Gasteiger partial charge on any atom is -0.310 e. The molecule has 3 heterocycles. The number of fused-ring (bicyclic) bond motifs is 13. The fraction of sp³-hybridized carbons (Fsp3) is 0.0769. The van der Waals surface area contributed by atoms with Gasteiger partial charge in [-0.1, -0.05) is 345 Å². The lowest BCUT2D eigenvalue weighted by molar-refractivity contribution is 0.590. The summed E-state index contributed by atoms with van der Waals surface area (Å²) in [5.74, 6) is 0. The molecule has 0 atom stereocenters. The normalized spacial score (nSPS) is 12.7. The van der Waals surface area contributed by atoms with Crippen molar-refractivity contribution in [3.63, 3.8) is 0 Å². The summed E-state index contributed by atoms with van der Waals surface area (Å²) in [6, 6.07) is 138. The van der Waals surface area contributed by atoms with Crippen molar-refractivity contribution in [2.24, 2.45) is 0 Å². The van der Waals surface area contributed by atoms with E-state index >= 15 is 0 Å². The smallest absolute Gasteiger partial charge is 0.252 e. The average Bonchev–Trinajstić information content (AvgIpc) is 0.707. The molecule has 18 aromatic rings. The van der Waals surface area contributed by atoms with Crippen molar-refractivity contribution in [2.45, 2.75) is 52.4 Å². The van der Waals surface area contributed by atoms with Crippen LogP contribution in [0.1, 0.15) is 52.7 Å². The van der Waals surface area contributed by atoms with Crippen LogP contribution < -0.4 is 26.2 Å². The van der Waals surface area contributed by atoms with Crippen LogP contribution in [0, 0.1) is 0 Å². The fourth-order valence-electron chi connectivity index (χ4n) is 17.8. The zero-order chi connectivity index (χ0) is 72.5. The number of hydrogen-bond acceptors (Lipinski definition) is 2. The molecule has 4 heteroatoms. The lowest BCUT2D eigenvalue weighted by Crippen LogP contribution is -2.61. The maximum absolute atomic E-state index is 2.73. The van der Waals surface area contributed by atoms with Gasteiger partial charge in [0.2, 0.25) is 0 Å². The molecular formula is C104H78BN3. The number of hydrogen-bond donors (Lipinski definition) is 0. The Balaban J connectivity index is 1.02. The predicted molar refractivity (Wildman–Crippen MR) is 463 cm³/mol. The standard InChI is InChI=1S/C104H78BN3/c1-103(2,3)77-61-86(70-36-17-9-18-37-70)100(87(62-77)71-38-19-10-20-39-71)107-94-56-52-74(67-32-13-7-14-33-67)59-91(94)105-92-60-75(68-34-15-8-16-35-68)53-57-95(92)108(101-88(72-40-21-11-22-41-72)63-78(104(4,5)6)64-89(101)73-42-23-12-24-43-73)97-66-79(65-96(107)99(97)105)106-93-55-54-76(81-51-31-45-69-44-25-26-46-80(69)81)58-90(93)98-84-49-29-27-47-82(84)83-48-28-30-50-85(83)102(98)106/h7-66H,1-6H3. The molecule has 0 saturated carbocycles. The van der Waals surface area contributed by atoms with E-state index in [-0.39, 0.29) is 17.5 Å². The summed E-state index contributed by atoms with van der Waals surface area (Å²) in [7, 11) is 0. The summed E-state index contributed by atoms with van der Waals surface area (Å²) < 4.78 is 2.66. The summed E-state index contributed by atoms with van der Waals surface area (Å²) in [5.41, 5.74) is 32.0. The van der Waals surface area contributed by atoms with E-state index in [1.165, 1.54) is 92.9 Å². The van der Waals surface area contributed by atoms with Gasteiger partial charge in [-0.2, -0.15) is 0 Å². The van der Waals surface area contributed by atoms with Gasteiger partial charge in [-0.3, -0.25) is 0 Å². The van der Waals surface area contributed by atoms with E-state index in [0.717, 1.165) is 106 Å². The van der Waals surface area contributed by atoms with Gasteiger partial charge in [0.25, 0.3) is 6.71 Å². The fourth-order valence-corrected chi connectivity index (χ4v) is 17.8. The van der Waals surface area contributed by atoms with Gasteiger partial charge in [0.1, 0.15) is 0 Å². The van der Waals surface area contributed by atoms with Gasteiger partial charge in [0.15, 0.2) is 0 Å². The molecule has 0 fully saturated rings. The molecule has 108 heavy (non-hydrogen) atoms. The molecule has 3 nitrogen and oxygen atoms in total. The number of rotatable bonds is 10. The lowest BCUT2D eigenvalue weighted by Gasteiger charge is -2.46. The molecule has 0 saturated heterocycles. The Morgan fingerprint density at radius 2 is 0.620 bits per heavy atom. The minimum absolute atomic E-state index is 0.215. The predicted octanol–water partition coefficient (Wildman–Crippen LogP) is 26.6. The van der Waals surface area contributed by atoms with Gasteiger partial charge >= 0.3 is 0 Å². The molecule has 20 rings (SSSR count). The van der Waals surface area contributed by atoms with Crippen molar-refractivity contribution >= 4 is 111 Å². The summed E-state index contributed by atoms with van der Waals surface area (Å²) in [6.07, 6.45) is 0. The van der Waals surface area contributed by atoms with Crippen molar-refractivity contribution < 1.29 is 0 Å². The van der Waals surface area contributed by atoms with Crippen LogP contribution in [0.5, 0.6) is 0 Å². The van der Waals surface area contributed by atoms with E-state index < -0.39 is 0 Å². The first-order valence-corrected chi connectivity index (χ1v) is 38.0. The first kappa shape index (κ1) is 64.6. The Morgan fingerprint density at radius 3 is 1.06 bits per heavy atom. The highest BCUT2D eigenvalue weighted by Gasteiger charge is 2.46. The van der Waals surface area contributed by atoms with Crippen LogP contribution >= 0.6 is 0 Å². The monoisotopic (exact) mass is 1380 g/mol.